The van der Waals surface area contributed by atoms with Crippen LogP contribution >= 0.6 is 12.6 Å². The zero-order valence-electron chi connectivity index (χ0n) is 7.93. The van der Waals surface area contributed by atoms with Crippen molar-refractivity contribution in [3.05, 3.63) is 42.5 Å². The maximum Gasteiger partial charge on any atom is 0.339 e. The van der Waals surface area contributed by atoms with Crippen LogP contribution in [0.15, 0.2) is 36.9 Å². The van der Waals surface area contributed by atoms with Gasteiger partial charge < -0.3 is 4.74 Å². The molecule has 0 radical (unpaired) electrons. The molecule has 0 bridgehead atoms. The lowest BCUT2D eigenvalue weighted by Gasteiger charge is -2.08. The number of esters is 1. The van der Waals surface area contributed by atoms with Crippen LogP contribution < -0.4 is 0 Å². The smallest absolute Gasteiger partial charge is 0.339 e. The zero-order chi connectivity index (χ0) is 10.6. The van der Waals surface area contributed by atoms with Crippen molar-refractivity contribution < 1.29 is 9.53 Å². The number of carbonyl (C=O) groups is 1. The first-order valence-electron chi connectivity index (χ1n) is 4.24. The first kappa shape index (κ1) is 10.9. The molecule has 0 amide bonds. The van der Waals surface area contributed by atoms with E-state index in [0.29, 0.717) is 5.57 Å². The number of hydrogen-bond donors (Lipinski definition) is 1. The molecular formula is C11H12O2S. The SMILES string of the molecule is C=C(C(=O)OC(C)S)c1ccccc1. The molecule has 0 aliphatic heterocycles. The first-order chi connectivity index (χ1) is 6.61. The van der Waals surface area contributed by atoms with Crippen molar-refractivity contribution in [1.29, 1.82) is 0 Å². The molecule has 14 heavy (non-hydrogen) atoms. The fourth-order valence-electron chi connectivity index (χ4n) is 0.983. The van der Waals surface area contributed by atoms with E-state index in [0.717, 1.165) is 5.56 Å². The lowest BCUT2D eigenvalue weighted by molar-refractivity contribution is -0.137. The van der Waals surface area contributed by atoms with Crippen LogP contribution in [0.3, 0.4) is 0 Å². The number of hydrogen-bond acceptors (Lipinski definition) is 3. The second-order valence-electron chi connectivity index (χ2n) is 2.85. The zero-order valence-corrected chi connectivity index (χ0v) is 8.83. The summed E-state index contributed by atoms with van der Waals surface area (Å²) < 4.78 is 4.89. The van der Waals surface area contributed by atoms with E-state index in [9.17, 15) is 4.79 Å². The first-order valence-corrected chi connectivity index (χ1v) is 4.76. The van der Waals surface area contributed by atoms with E-state index in [1.807, 2.05) is 30.3 Å². The van der Waals surface area contributed by atoms with Crippen molar-refractivity contribution in [1.82, 2.24) is 0 Å². The van der Waals surface area contributed by atoms with Crippen LogP contribution in [0.5, 0.6) is 0 Å². The van der Waals surface area contributed by atoms with Crippen LogP contribution in [0.1, 0.15) is 12.5 Å². The van der Waals surface area contributed by atoms with E-state index in [-0.39, 0.29) is 0 Å². The van der Waals surface area contributed by atoms with Crippen molar-refractivity contribution >= 4 is 24.2 Å². The molecule has 0 aliphatic rings. The predicted octanol–water partition coefficient (Wildman–Crippen LogP) is 2.52. The quantitative estimate of drug-likeness (QED) is 0.357. The predicted molar refractivity (Wildman–Crippen MR) is 60.0 cm³/mol. The Labute approximate surface area is 89.0 Å². The van der Waals surface area contributed by atoms with Crippen LogP contribution in [0, 0.1) is 0 Å². The third-order valence-electron chi connectivity index (χ3n) is 1.65. The highest BCUT2D eigenvalue weighted by molar-refractivity contribution is 7.80. The summed E-state index contributed by atoms with van der Waals surface area (Å²) in [4.78, 5) is 11.4. The summed E-state index contributed by atoms with van der Waals surface area (Å²) >= 11 is 3.96. The Bertz CT molecular complexity index is 330. The third kappa shape index (κ3) is 2.92. The molecule has 0 spiro atoms. The van der Waals surface area contributed by atoms with Crippen LogP contribution in [-0.2, 0) is 9.53 Å². The van der Waals surface area contributed by atoms with Gasteiger partial charge in [-0.3, -0.25) is 0 Å². The van der Waals surface area contributed by atoms with Gasteiger partial charge in [0.2, 0.25) is 0 Å². The molecule has 1 aromatic carbocycles. The minimum Gasteiger partial charge on any atom is -0.448 e. The lowest BCUT2D eigenvalue weighted by atomic mass is 10.1. The fraction of sp³-hybridized carbons (Fsp3) is 0.182. The van der Waals surface area contributed by atoms with E-state index < -0.39 is 11.4 Å². The molecule has 0 aromatic heterocycles. The van der Waals surface area contributed by atoms with E-state index in [2.05, 4.69) is 19.2 Å². The molecule has 2 nitrogen and oxygen atoms in total. The van der Waals surface area contributed by atoms with Gasteiger partial charge in [0.05, 0.1) is 5.57 Å². The minimum atomic E-state index is -0.432. The molecule has 1 atom stereocenters. The largest absolute Gasteiger partial charge is 0.448 e. The molecule has 1 rings (SSSR count). The molecule has 1 unspecified atom stereocenters. The standard InChI is InChI=1S/C11H12O2S/c1-8(11(12)13-9(2)14)10-6-4-3-5-7-10/h3-7,9,14H,1H2,2H3. The summed E-state index contributed by atoms with van der Waals surface area (Å²) in [7, 11) is 0. The van der Waals surface area contributed by atoms with Gasteiger partial charge in [-0.25, -0.2) is 4.79 Å². The van der Waals surface area contributed by atoms with Crippen molar-refractivity contribution in [2.24, 2.45) is 0 Å². The van der Waals surface area contributed by atoms with Gasteiger partial charge in [-0.15, -0.1) is 12.6 Å². The monoisotopic (exact) mass is 208 g/mol. The second-order valence-corrected chi connectivity index (χ2v) is 3.58. The Balaban J connectivity index is 2.72. The number of ether oxygens (including phenoxy) is 1. The maximum absolute atomic E-state index is 11.4. The molecule has 0 saturated heterocycles. The Morgan fingerprint density at radius 3 is 2.50 bits per heavy atom. The highest BCUT2D eigenvalue weighted by Crippen LogP contribution is 2.14. The van der Waals surface area contributed by atoms with Crippen molar-refractivity contribution in [3.8, 4) is 0 Å². The number of thiol groups is 1. The minimum absolute atomic E-state index is 0.353. The van der Waals surface area contributed by atoms with Gasteiger partial charge in [0.15, 0.2) is 0 Å². The summed E-state index contributed by atoms with van der Waals surface area (Å²) in [6, 6.07) is 9.19. The van der Waals surface area contributed by atoms with Gasteiger partial charge in [-0.2, -0.15) is 0 Å². The Hall–Kier alpha value is -1.22. The molecule has 0 heterocycles. The van der Waals surface area contributed by atoms with Gasteiger partial charge in [-0.1, -0.05) is 36.9 Å². The van der Waals surface area contributed by atoms with Gasteiger partial charge in [-0.05, 0) is 12.5 Å². The molecule has 0 saturated carbocycles. The van der Waals surface area contributed by atoms with Crippen molar-refractivity contribution in [3.63, 3.8) is 0 Å². The highest BCUT2D eigenvalue weighted by atomic mass is 32.1. The van der Waals surface area contributed by atoms with Crippen molar-refractivity contribution in [2.75, 3.05) is 0 Å². The third-order valence-corrected chi connectivity index (χ3v) is 1.75. The van der Waals surface area contributed by atoms with Crippen LogP contribution in [0.4, 0.5) is 0 Å². The van der Waals surface area contributed by atoms with E-state index >= 15 is 0 Å². The van der Waals surface area contributed by atoms with E-state index in [4.69, 9.17) is 4.74 Å². The maximum atomic E-state index is 11.4. The van der Waals surface area contributed by atoms with Crippen molar-refractivity contribution in [2.45, 2.75) is 12.4 Å². The van der Waals surface area contributed by atoms with Gasteiger partial charge >= 0.3 is 5.97 Å². The molecular weight excluding hydrogens is 196 g/mol. The summed E-state index contributed by atoms with van der Waals surface area (Å²) in [6.45, 7) is 5.35. The fourth-order valence-corrected chi connectivity index (χ4v) is 1.08. The van der Waals surface area contributed by atoms with Gasteiger partial charge in [0.1, 0.15) is 5.44 Å². The lowest BCUT2D eigenvalue weighted by Crippen LogP contribution is -2.10. The molecule has 74 valence electrons. The molecule has 3 heteroatoms. The van der Waals surface area contributed by atoms with Crippen LogP contribution in [0.2, 0.25) is 0 Å². The second kappa shape index (κ2) is 4.86. The number of benzene rings is 1. The van der Waals surface area contributed by atoms with Gasteiger partial charge in [0.25, 0.3) is 0 Å². The highest BCUT2D eigenvalue weighted by Gasteiger charge is 2.11. The number of carbonyl (C=O) groups excluding carboxylic acids is 1. The average molecular weight is 208 g/mol. The Morgan fingerprint density at radius 1 is 1.43 bits per heavy atom. The average Bonchev–Trinajstić information content (AvgIpc) is 2.17. The summed E-state index contributed by atoms with van der Waals surface area (Å²) in [5.74, 6) is -0.432. The number of rotatable bonds is 3. The van der Waals surface area contributed by atoms with Crippen LogP contribution in [0.25, 0.3) is 5.57 Å². The Morgan fingerprint density at radius 2 is 2.00 bits per heavy atom. The summed E-state index contributed by atoms with van der Waals surface area (Å²) in [5.41, 5.74) is 0.709. The van der Waals surface area contributed by atoms with E-state index in [1.165, 1.54) is 0 Å². The van der Waals surface area contributed by atoms with E-state index in [1.54, 1.807) is 6.92 Å². The summed E-state index contributed by atoms with van der Waals surface area (Å²) in [6.07, 6.45) is 0. The topological polar surface area (TPSA) is 26.3 Å². The Kier molecular flexibility index (Phi) is 3.77. The van der Waals surface area contributed by atoms with Gasteiger partial charge in [0, 0.05) is 0 Å². The molecule has 0 N–H and O–H groups in total. The molecule has 0 aliphatic carbocycles. The van der Waals surface area contributed by atoms with Crippen LogP contribution in [-0.4, -0.2) is 11.4 Å². The normalized spacial score (nSPS) is 11.9. The summed E-state index contributed by atoms with van der Waals surface area (Å²) in [5, 5.41) is 0. The molecule has 1 aromatic rings. The molecule has 0 fully saturated rings.